The van der Waals surface area contributed by atoms with Gasteiger partial charge in [-0.25, -0.2) is 4.79 Å². The van der Waals surface area contributed by atoms with Crippen LogP contribution in [0.3, 0.4) is 0 Å². The number of fused-ring (bicyclic) bond motifs is 2. The van der Waals surface area contributed by atoms with Crippen LogP contribution in [0.1, 0.15) is 57.2 Å². The number of benzene rings is 1. The molecular weight excluding hydrogens is 364 g/mol. The second-order valence-electron chi connectivity index (χ2n) is 6.80. The van der Waals surface area contributed by atoms with Crippen LogP contribution in [0.5, 0.6) is 0 Å². The van der Waals surface area contributed by atoms with E-state index in [9.17, 15) is 4.79 Å². The van der Waals surface area contributed by atoms with Crippen molar-refractivity contribution in [3.63, 3.8) is 0 Å². The number of rotatable bonds is 3. The zero-order chi connectivity index (χ0) is 18.1. The molecule has 0 fully saturated rings. The first-order valence-corrected chi connectivity index (χ1v) is 10.3. The predicted molar refractivity (Wildman–Crippen MR) is 109 cm³/mol. The number of nitrogens with one attached hydrogen (secondary N) is 2. The lowest BCUT2D eigenvalue weighted by molar-refractivity contribution is 0.0601. The van der Waals surface area contributed by atoms with Crippen LogP contribution in [0.2, 0.25) is 0 Å². The fourth-order valence-electron chi connectivity index (χ4n) is 4.01. The fraction of sp³-hybridized carbons (Fsp3) is 0.400. The van der Waals surface area contributed by atoms with E-state index in [0.717, 1.165) is 49.1 Å². The fourth-order valence-corrected chi connectivity index (χ4v) is 5.60. The van der Waals surface area contributed by atoms with E-state index in [-0.39, 0.29) is 12.0 Å². The zero-order valence-corrected chi connectivity index (χ0v) is 16.4. The number of ether oxygens (including phenoxy) is 1. The largest absolute Gasteiger partial charge is 0.465 e. The molecule has 1 atom stereocenters. The topological polar surface area (TPSA) is 50.4 Å². The van der Waals surface area contributed by atoms with Gasteiger partial charge in [0.05, 0.1) is 18.7 Å². The van der Waals surface area contributed by atoms with E-state index in [4.69, 9.17) is 17.0 Å². The summed E-state index contributed by atoms with van der Waals surface area (Å²) >= 11 is 7.20. The van der Waals surface area contributed by atoms with Gasteiger partial charge in [0.15, 0.2) is 5.11 Å². The Hall–Kier alpha value is -1.92. The molecule has 136 valence electrons. The van der Waals surface area contributed by atoms with Gasteiger partial charge in [-0.15, -0.1) is 11.3 Å². The Morgan fingerprint density at radius 3 is 2.92 bits per heavy atom. The normalized spacial score (nSPS) is 18.0. The van der Waals surface area contributed by atoms with Gasteiger partial charge in [-0.1, -0.05) is 24.3 Å². The molecule has 0 radical (unpaired) electrons. The van der Waals surface area contributed by atoms with E-state index in [2.05, 4.69) is 34.9 Å². The summed E-state index contributed by atoms with van der Waals surface area (Å²) in [6.45, 7) is 0. The third-order valence-corrected chi connectivity index (χ3v) is 6.64. The van der Waals surface area contributed by atoms with Crippen LogP contribution < -0.4 is 10.6 Å². The van der Waals surface area contributed by atoms with Gasteiger partial charge in [-0.2, -0.15) is 0 Å². The number of aryl methyl sites for hydroxylation is 2. The van der Waals surface area contributed by atoms with Gasteiger partial charge in [-0.05, 0) is 67.4 Å². The Balaban J connectivity index is 1.52. The van der Waals surface area contributed by atoms with Crippen LogP contribution in [-0.2, 0) is 24.0 Å². The molecule has 2 aliphatic rings. The maximum Gasteiger partial charge on any atom is 0.341 e. The lowest BCUT2D eigenvalue weighted by atomic mass is 9.88. The standard InChI is InChI=1S/C20H22N2O2S2/c1-24-19(23)17-14-9-5-11-16(14)26-18(17)22-20(25)21-15-10-4-7-12-6-2-3-8-13(12)15/h2-3,6,8,15H,4-5,7,9-11H2,1H3,(H2,21,22,25)/t15-/m0/s1. The molecule has 2 aliphatic carbocycles. The molecule has 1 heterocycles. The summed E-state index contributed by atoms with van der Waals surface area (Å²) in [5.74, 6) is -0.280. The van der Waals surface area contributed by atoms with Gasteiger partial charge in [0.1, 0.15) is 5.00 Å². The van der Waals surface area contributed by atoms with E-state index in [1.54, 1.807) is 11.3 Å². The number of thiocarbonyl (C=S) groups is 1. The quantitative estimate of drug-likeness (QED) is 0.605. The van der Waals surface area contributed by atoms with Gasteiger partial charge in [-0.3, -0.25) is 0 Å². The lowest BCUT2D eigenvalue weighted by Crippen LogP contribution is -2.34. The van der Waals surface area contributed by atoms with Crippen LogP contribution in [0, 0.1) is 0 Å². The predicted octanol–water partition coefficient (Wildman–Crippen LogP) is 4.39. The molecule has 6 heteroatoms. The average molecular weight is 387 g/mol. The molecule has 2 aromatic rings. The highest BCUT2D eigenvalue weighted by Gasteiger charge is 2.28. The van der Waals surface area contributed by atoms with E-state index >= 15 is 0 Å². The first-order chi connectivity index (χ1) is 12.7. The van der Waals surface area contributed by atoms with E-state index in [1.165, 1.54) is 23.1 Å². The first-order valence-electron chi connectivity index (χ1n) is 9.05. The number of esters is 1. The highest BCUT2D eigenvalue weighted by molar-refractivity contribution is 7.80. The molecule has 0 aliphatic heterocycles. The molecule has 1 aromatic heterocycles. The van der Waals surface area contributed by atoms with Crippen molar-refractivity contribution in [3.05, 3.63) is 51.4 Å². The molecule has 0 spiro atoms. The second kappa shape index (κ2) is 7.37. The first kappa shape index (κ1) is 17.5. The van der Waals surface area contributed by atoms with Gasteiger partial charge >= 0.3 is 5.97 Å². The number of carbonyl (C=O) groups excluding carboxylic acids is 1. The molecule has 0 bridgehead atoms. The summed E-state index contributed by atoms with van der Waals surface area (Å²) in [5, 5.41) is 8.09. The Morgan fingerprint density at radius 2 is 2.08 bits per heavy atom. The van der Waals surface area contributed by atoms with E-state index < -0.39 is 0 Å². The second-order valence-corrected chi connectivity index (χ2v) is 8.31. The summed E-state index contributed by atoms with van der Waals surface area (Å²) < 4.78 is 5.00. The van der Waals surface area contributed by atoms with Gasteiger partial charge < -0.3 is 15.4 Å². The van der Waals surface area contributed by atoms with Crippen molar-refractivity contribution in [2.24, 2.45) is 0 Å². The smallest absolute Gasteiger partial charge is 0.341 e. The van der Waals surface area contributed by atoms with Crippen molar-refractivity contribution in [2.45, 2.75) is 44.6 Å². The minimum absolute atomic E-state index is 0.216. The van der Waals surface area contributed by atoms with Crippen LogP contribution in [0.25, 0.3) is 0 Å². The Labute approximate surface area is 163 Å². The maximum atomic E-state index is 12.3. The van der Waals surface area contributed by atoms with E-state index in [0.29, 0.717) is 10.7 Å². The Kier molecular flexibility index (Phi) is 4.96. The summed E-state index contributed by atoms with van der Waals surface area (Å²) in [6, 6.07) is 8.75. The van der Waals surface area contributed by atoms with Crippen molar-refractivity contribution < 1.29 is 9.53 Å². The molecule has 0 amide bonds. The third kappa shape index (κ3) is 3.23. The molecule has 2 N–H and O–H groups in total. The lowest BCUT2D eigenvalue weighted by Gasteiger charge is -2.27. The van der Waals surface area contributed by atoms with Crippen LogP contribution in [0.15, 0.2) is 24.3 Å². The van der Waals surface area contributed by atoms with Crippen LogP contribution in [0.4, 0.5) is 5.00 Å². The highest BCUT2D eigenvalue weighted by Crippen LogP contribution is 2.39. The number of carbonyl (C=O) groups is 1. The minimum Gasteiger partial charge on any atom is -0.465 e. The zero-order valence-electron chi connectivity index (χ0n) is 14.8. The monoisotopic (exact) mass is 386 g/mol. The van der Waals surface area contributed by atoms with Crippen LogP contribution >= 0.6 is 23.6 Å². The Morgan fingerprint density at radius 1 is 1.23 bits per heavy atom. The van der Waals surface area contributed by atoms with Crippen molar-refractivity contribution >= 4 is 39.6 Å². The molecule has 4 nitrogen and oxygen atoms in total. The molecule has 0 saturated carbocycles. The van der Waals surface area contributed by atoms with Gasteiger partial charge in [0.25, 0.3) is 0 Å². The highest BCUT2D eigenvalue weighted by atomic mass is 32.1. The third-order valence-electron chi connectivity index (χ3n) is 5.21. The molecular formula is C20H22N2O2S2. The number of methoxy groups -OCH3 is 1. The average Bonchev–Trinajstić information content (AvgIpc) is 3.22. The molecule has 26 heavy (non-hydrogen) atoms. The summed E-state index contributed by atoms with van der Waals surface area (Å²) in [7, 11) is 1.43. The number of hydrogen-bond donors (Lipinski definition) is 2. The number of hydrogen-bond acceptors (Lipinski definition) is 4. The summed E-state index contributed by atoms with van der Waals surface area (Å²) in [5.41, 5.74) is 4.52. The molecule has 4 rings (SSSR count). The molecule has 1 aromatic carbocycles. The van der Waals surface area contributed by atoms with Crippen molar-refractivity contribution in [1.82, 2.24) is 5.32 Å². The van der Waals surface area contributed by atoms with Gasteiger partial charge in [0.2, 0.25) is 0 Å². The van der Waals surface area contributed by atoms with Crippen molar-refractivity contribution in [2.75, 3.05) is 12.4 Å². The van der Waals surface area contributed by atoms with E-state index in [1.807, 2.05) is 0 Å². The molecule has 0 unspecified atom stereocenters. The van der Waals surface area contributed by atoms with Crippen molar-refractivity contribution in [1.29, 1.82) is 0 Å². The number of anilines is 1. The maximum absolute atomic E-state index is 12.3. The minimum atomic E-state index is -0.280. The SMILES string of the molecule is COC(=O)c1c(NC(=S)N[C@H]2CCCc3ccccc32)sc2c1CCC2. The summed E-state index contributed by atoms with van der Waals surface area (Å²) in [4.78, 5) is 13.5. The number of thiophene rings is 1. The van der Waals surface area contributed by atoms with Crippen molar-refractivity contribution in [3.8, 4) is 0 Å². The van der Waals surface area contributed by atoms with Crippen LogP contribution in [-0.4, -0.2) is 18.2 Å². The summed E-state index contributed by atoms with van der Waals surface area (Å²) in [6.07, 6.45) is 6.41. The Bertz CT molecular complexity index is 859. The molecule has 0 saturated heterocycles. The van der Waals surface area contributed by atoms with Gasteiger partial charge in [0, 0.05) is 4.88 Å².